The molecule has 0 aliphatic heterocycles. The molecule has 0 spiro atoms. The van der Waals surface area contributed by atoms with Gasteiger partial charge in [-0.25, -0.2) is 4.79 Å². The molecule has 0 heterocycles. The molecule has 1 amide bonds. The molecule has 0 saturated heterocycles. The fourth-order valence-corrected chi connectivity index (χ4v) is 2.31. The molecule has 2 rings (SSSR count). The zero-order chi connectivity index (χ0) is 15.2. The van der Waals surface area contributed by atoms with Crippen LogP contribution in [-0.4, -0.2) is 46.9 Å². The molecule has 1 fully saturated rings. The van der Waals surface area contributed by atoms with E-state index in [0.29, 0.717) is 24.1 Å². The van der Waals surface area contributed by atoms with Crippen LogP contribution in [0.4, 0.5) is 4.79 Å². The number of carbonyl (C=O) groups is 1. The van der Waals surface area contributed by atoms with Gasteiger partial charge in [0, 0.05) is 19.6 Å². The maximum atomic E-state index is 11.2. The fraction of sp³-hybridized carbons (Fsp3) is 0.467. The van der Waals surface area contributed by atoms with Crippen LogP contribution in [0, 0.1) is 0 Å². The first-order valence-electron chi connectivity index (χ1n) is 7.10. The Labute approximate surface area is 130 Å². The molecule has 6 heteroatoms. The topological polar surface area (TPSA) is 64.6 Å². The minimum Gasteiger partial charge on any atom is -0.465 e. The van der Waals surface area contributed by atoms with Gasteiger partial charge in [-0.2, -0.15) is 0 Å². The van der Waals surface area contributed by atoms with E-state index in [4.69, 9.17) is 12.2 Å². The van der Waals surface area contributed by atoms with E-state index in [0.717, 1.165) is 18.4 Å². The molecule has 0 aromatic heterocycles. The van der Waals surface area contributed by atoms with Crippen LogP contribution in [-0.2, 0) is 6.42 Å². The van der Waals surface area contributed by atoms with Gasteiger partial charge >= 0.3 is 6.09 Å². The highest BCUT2D eigenvalue weighted by Gasteiger charge is 2.23. The number of amides is 1. The first-order chi connectivity index (χ1) is 10.1. The van der Waals surface area contributed by atoms with E-state index in [2.05, 4.69) is 10.6 Å². The van der Waals surface area contributed by atoms with Crippen molar-refractivity contribution in [2.45, 2.75) is 31.3 Å². The lowest BCUT2D eigenvalue weighted by Gasteiger charge is -2.26. The summed E-state index contributed by atoms with van der Waals surface area (Å²) in [5, 5.41) is 16.1. The minimum absolute atomic E-state index is 0.163. The predicted molar refractivity (Wildman–Crippen MR) is 86.5 cm³/mol. The number of nitrogens with one attached hydrogen (secondary N) is 2. The van der Waals surface area contributed by atoms with Gasteiger partial charge in [-0.1, -0.05) is 30.3 Å². The van der Waals surface area contributed by atoms with Crippen LogP contribution in [0.25, 0.3) is 0 Å². The van der Waals surface area contributed by atoms with Crippen LogP contribution in [0.3, 0.4) is 0 Å². The van der Waals surface area contributed by atoms with Crippen LogP contribution in [0.5, 0.6) is 0 Å². The number of hydrogen-bond donors (Lipinski definition) is 3. The van der Waals surface area contributed by atoms with E-state index in [1.807, 2.05) is 30.3 Å². The maximum absolute atomic E-state index is 11.2. The Morgan fingerprint density at radius 2 is 2.10 bits per heavy atom. The molecule has 114 valence electrons. The highest BCUT2D eigenvalue weighted by Crippen LogP contribution is 2.18. The number of rotatable bonds is 6. The van der Waals surface area contributed by atoms with Gasteiger partial charge in [0.25, 0.3) is 0 Å². The highest BCUT2D eigenvalue weighted by atomic mass is 32.1. The van der Waals surface area contributed by atoms with Crippen molar-refractivity contribution >= 4 is 23.4 Å². The first kappa shape index (κ1) is 15.6. The number of carboxylic acid groups (broad SMARTS) is 1. The molecule has 1 aliphatic rings. The molecule has 0 radical (unpaired) electrons. The standard InChI is InChI=1S/C15H21N3O2S/c1-18(15(19)20)13(9-11-5-3-2-4-6-11)10-16-14(21)17-12-7-8-12/h2-6,12-13H,7-10H2,1H3,(H,19,20)(H2,16,17,21). The summed E-state index contributed by atoms with van der Waals surface area (Å²) in [7, 11) is 1.59. The average molecular weight is 307 g/mol. The van der Waals surface area contributed by atoms with E-state index >= 15 is 0 Å². The zero-order valence-electron chi connectivity index (χ0n) is 12.1. The summed E-state index contributed by atoms with van der Waals surface area (Å²) in [6.45, 7) is 0.496. The lowest BCUT2D eigenvalue weighted by atomic mass is 10.1. The molecular weight excluding hydrogens is 286 g/mol. The van der Waals surface area contributed by atoms with E-state index in [1.54, 1.807) is 7.05 Å². The third-order valence-corrected chi connectivity index (χ3v) is 3.84. The van der Waals surface area contributed by atoms with Crippen molar-refractivity contribution in [2.24, 2.45) is 0 Å². The van der Waals surface area contributed by atoms with Gasteiger partial charge in [-0.15, -0.1) is 0 Å². The van der Waals surface area contributed by atoms with Crippen LogP contribution in [0.15, 0.2) is 30.3 Å². The third-order valence-electron chi connectivity index (χ3n) is 3.57. The molecule has 1 saturated carbocycles. The summed E-state index contributed by atoms with van der Waals surface area (Å²) in [6.07, 6.45) is 2.04. The van der Waals surface area contributed by atoms with Gasteiger partial charge in [-0.3, -0.25) is 0 Å². The number of thiocarbonyl (C=S) groups is 1. The van der Waals surface area contributed by atoms with Gasteiger partial charge in [0.05, 0.1) is 6.04 Å². The van der Waals surface area contributed by atoms with Crippen LogP contribution < -0.4 is 10.6 Å². The molecule has 5 nitrogen and oxygen atoms in total. The Bertz CT molecular complexity index is 491. The van der Waals surface area contributed by atoms with Crippen molar-refractivity contribution in [3.63, 3.8) is 0 Å². The quantitative estimate of drug-likeness (QED) is 0.700. The summed E-state index contributed by atoms with van der Waals surface area (Å²) in [6, 6.07) is 10.2. The van der Waals surface area contributed by atoms with Crippen molar-refractivity contribution in [1.82, 2.24) is 15.5 Å². The number of benzene rings is 1. The largest absolute Gasteiger partial charge is 0.465 e. The predicted octanol–water partition coefficient (Wildman–Crippen LogP) is 1.83. The molecule has 0 bridgehead atoms. The van der Waals surface area contributed by atoms with Crippen LogP contribution in [0.1, 0.15) is 18.4 Å². The SMILES string of the molecule is CN(C(=O)O)C(CNC(=S)NC1CC1)Cc1ccccc1. The van der Waals surface area contributed by atoms with Crippen molar-refractivity contribution < 1.29 is 9.90 Å². The normalized spacial score (nSPS) is 15.1. The third kappa shape index (κ3) is 5.23. The molecule has 1 aromatic rings. The van der Waals surface area contributed by atoms with E-state index in [1.165, 1.54) is 4.90 Å². The summed E-state index contributed by atoms with van der Waals surface area (Å²) in [5.41, 5.74) is 1.11. The first-order valence-corrected chi connectivity index (χ1v) is 7.51. The maximum Gasteiger partial charge on any atom is 0.407 e. The molecule has 21 heavy (non-hydrogen) atoms. The molecule has 1 aromatic carbocycles. The lowest BCUT2D eigenvalue weighted by molar-refractivity contribution is 0.138. The second kappa shape index (κ2) is 7.26. The van der Waals surface area contributed by atoms with Gasteiger partial charge < -0.3 is 20.6 Å². The minimum atomic E-state index is -0.932. The Balaban J connectivity index is 1.91. The molecule has 1 atom stereocenters. The zero-order valence-corrected chi connectivity index (χ0v) is 12.9. The smallest absolute Gasteiger partial charge is 0.407 e. The van der Waals surface area contributed by atoms with Gasteiger partial charge in [0.15, 0.2) is 5.11 Å². The van der Waals surface area contributed by atoms with Crippen molar-refractivity contribution in [1.29, 1.82) is 0 Å². The van der Waals surface area contributed by atoms with Crippen molar-refractivity contribution in [3.05, 3.63) is 35.9 Å². The number of hydrogen-bond acceptors (Lipinski definition) is 2. The Kier molecular flexibility index (Phi) is 5.38. The van der Waals surface area contributed by atoms with Crippen molar-refractivity contribution in [2.75, 3.05) is 13.6 Å². The van der Waals surface area contributed by atoms with Crippen LogP contribution in [0.2, 0.25) is 0 Å². The second-order valence-corrected chi connectivity index (χ2v) is 5.77. The molecule has 3 N–H and O–H groups in total. The van der Waals surface area contributed by atoms with Crippen molar-refractivity contribution in [3.8, 4) is 0 Å². The van der Waals surface area contributed by atoms with Gasteiger partial charge in [0.1, 0.15) is 0 Å². The van der Waals surface area contributed by atoms with E-state index in [9.17, 15) is 9.90 Å². The van der Waals surface area contributed by atoms with Crippen LogP contribution >= 0.6 is 12.2 Å². The summed E-state index contributed by atoms with van der Waals surface area (Å²) in [4.78, 5) is 12.5. The Hall–Kier alpha value is -1.82. The highest BCUT2D eigenvalue weighted by molar-refractivity contribution is 7.80. The Morgan fingerprint density at radius 3 is 2.67 bits per heavy atom. The Morgan fingerprint density at radius 1 is 1.43 bits per heavy atom. The molecule has 1 aliphatic carbocycles. The monoisotopic (exact) mass is 307 g/mol. The number of nitrogens with zero attached hydrogens (tertiary/aromatic N) is 1. The van der Waals surface area contributed by atoms with Gasteiger partial charge in [-0.05, 0) is 37.0 Å². The lowest BCUT2D eigenvalue weighted by Crippen LogP contribution is -2.48. The molecular formula is C15H21N3O2S. The second-order valence-electron chi connectivity index (χ2n) is 5.37. The fourth-order valence-electron chi connectivity index (χ4n) is 2.06. The summed E-state index contributed by atoms with van der Waals surface area (Å²) < 4.78 is 0. The van der Waals surface area contributed by atoms with E-state index < -0.39 is 6.09 Å². The summed E-state index contributed by atoms with van der Waals surface area (Å²) in [5.74, 6) is 0. The molecule has 1 unspecified atom stereocenters. The van der Waals surface area contributed by atoms with Gasteiger partial charge in [0.2, 0.25) is 0 Å². The summed E-state index contributed by atoms with van der Waals surface area (Å²) >= 11 is 5.22. The van der Waals surface area contributed by atoms with E-state index in [-0.39, 0.29) is 6.04 Å². The average Bonchev–Trinajstić information content (AvgIpc) is 3.27. The number of likely N-dealkylation sites (N-methyl/N-ethyl adjacent to an activating group) is 1.